The molecule has 7 heteroatoms. The number of hydrogen-bond donors (Lipinski definition) is 2. The summed E-state index contributed by atoms with van der Waals surface area (Å²) in [4.78, 5) is 39.4. The van der Waals surface area contributed by atoms with Gasteiger partial charge in [-0.25, -0.2) is 4.39 Å². The molecule has 0 radical (unpaired) electrons. The maximum absolute atomic E-state index is 13.1. The van der Waals surface area contributed by atoms with Crippen molar-refractivity contribution in [1.82, 2.24) is 10.2 Å². The van der Waals surface area contributed by atoms with E-state index in [2.05, 4.69) is 10.6 Å². The molecule has 0 saturated carbocycles. The summed E-state index contributed by atoms with van der Waals surface area (Å²) in [5, 5.41) is 5.70. The summed E-state index contributed by atoms with van der Waals surface area (Å²) >= 11 is 0. The second-order valence-electron chi connectivity index (χ2n) is 7.74. The molecule has 0 spiro atoms. The molecule has 0 bridgehead atoms. The van der Waals surface area contributed by atoms with Gasteiger partial charge in [0.1, 0.15) is 5.82 Å². The highest BCUT2D eigenvalue weighted by Gasteiger charge is 2.28. The van der Waals surface area contributed by atoms with E-state index >= 15 is 0 Å². The third kappa shape index (κ3) is 5.23. The van der Waals surface area contributed by atoms with Crippen LogP contribution in [0.4, 0.5) is 10.1 Å². The lowest BCUT2D eigenvalue weighted by Gasteiger charge is -2.31. The fraction of sp³-hybridized carbons (Fsp3) is 0.348. The van der Waals surface area contributed by atoms with Crippen LogP contribution in [0.3, 0.4) is 0 Å². The van der Waals surface area contributed by atoms with E-state index in [-0.39, 0.29) is 35.5 Å². The van der Waals surface area contributed by atoms with Gasteiger partial charge in [-0.1, -0.05) is 12.1 Å². The fourth-order valence-corrected chi connectivity index (χ4v) is 3.48. The Bertz CT molecular complexity index is 920. The van der Waals surface area contributed by atoms with E-state index in [1.807, 2.05) is 13.8 Å². The van der Waals surface area contributed by atoms with E-state index in [1.54, 1.807) is 29.2 Å². The molecule has 1 aliphatic rings. The molecule has 1 aliphatic heterocycles. The van der Waals surface area contributed by atoms with Gasteiger partial charge in [0.2, 0.25) is 5.91 Å². The fourth-order valence-electron chi connectivity index (χ4n) is 3.48. The van der Waals surface area contributed by atoms with Gasteiger partial charge >= 0.3 is 0 Å². The summed E-state index contributed by atoms with van der Waals surface area (Å²) in [5.41, 5.74) is 1.33. The average molecular weight is 411 g/mol. The van der Waals surface area contributed by atoms with Crippen LogP contribution in [0, 0.1) is 11.7 Å². The quantitative estimate of drug-likeness (QED) is 0.791. The van der Waals surface area contributed by atoms with Crippen LogP contribution in [0.1, 0.15) is 47.4 Å². The number of nitrogens with one attached hydrogen (secondary N) is 2. The predicted molar refractivity (Wildman–Crippen MR) is 113 cm³/mol. The van der Waals surface area contributed by atoms with Crippen molar-refractivity contribution in [2.75, 3.05) is 18.4 Å². The molecule has 2 aromatic rings. The second kappa shape index (κ2) is 9.52. The van der Waals surface area contributed by atoms with Crippen LogP contribution >= 0.6 is 0 Å². The van der Waals surface area contributed by atoms with Crippen LogP contribution in [-0.2, 0) is 4.79 Å². The van der Waals surface area contributed by atoms with Gasteiger partial charge in [0.15, 0.2) is 0 Å². The average Bonchev–Trinajstić information content (AvgIpc) is 2.73. The van der Waals surface area contributed by atoms with Crippen molar-refractivity contribution in [3.05, 3.63) is 65.5 Å². The Morgan fingerprint density at radius 1 is 1.00 bits per heavy atom. The van der Waals surface area contributed by atoms with Crippen molar-refractivity contribution in [2.24, 2.45) is 5.92 Å². The monoisotopic (exact) mass is 411 g/mol. The maximum Gasteiger partial charge on any atom is 0.253 e. The summed E-state index contributed by atoms with van der Waals surface area (Å²) in [6.45, 7) is 4.65. The Hall–Kier alpha value is -3.22. The van der Waals surface area contributed by atoms with Crippen LogP contribution in [-0.4, -0.2) is 41.8 Å². The third-order valence-corrected chi connectivity index (χ3v) is 5.09. The van der Waals surface area contributed by atoms with E-state index < -0.39 is 0 Å². The lowest BCUT2D eigenvalue weighted by atomic mass is 9.95. The van der Waals surface area contributed by atoms with Crippen LogP contribution < -0.4 is 10.6 Å². The Kier molecular flexibility index (Phi) is 6.82. The number of piperidine rings is 1. The number of carbonyl (C=O) groups is 3. The summed E-state index contributed by atoms with van der Waals surface area (Å²) in [7, 11) is 0. The maximum atomic E-state index is 13.1. The van der Waals surface area contributed by atoms with Gasteiger partial charge in [-0.3, -0.25) is 14.4 Å². The molecule has 30 heavy (non-hydrogen) atoms. The van der Waals surface area contributed by atoms with Gasteiger partial charge in [0.05, 0.1) is 11.3 Å². The van der Waals surface area contributed by atoms with Crippen LogP contribution in [0.2, 0.25) is 0 Å². The van der Waals surface area contributed by atoms with Crippen molar-refractivity contribution >= 4 is 23.4 Å². The first-order valence-corrected chi connectivity index (χ1v) is 10.1. The minimum absolute atomic E-state index is 0.00997. The smallest absolute Gasteiger partial charge is 0.253 e. The van der Waals surface area contributed by atoms with Crippen LogP contribution in [0.25, 0.3) is 0 Å². The zero-order chi connectivity index (χ0) is 21.7. The number of para-hydroxylation sites is 1. The molecule has 6 nitrogen and oxygen atoms in total. The molecule has 0 aromatic heterocycles. The van der Waals surface area contributed by atoms with Gasteiger partial charge in [-0.15, -0.1) is 0 Å². The molecule has 0 atom stereocenters. The van der Waals surface area contributed by atoms with Crippen molar-refractivity contribution in [3.63, 3.8) is 0 Å². The zero-order valence-corrected chi connectivity index (χ0v) is 17.2. The first-order chi connectivity index (χ1) is 14.3. The summed E-state index contributed by atoms with van der Waals surface area (Å²) in [6, 6.07) is 12.4. The van der Waals surface area contributed by atoms with E-state index in [1.165, 1.54) is 24.3 Å². The van der Waals surface area contributed by atoms with Crippen LogP contribution in [0.5, 0.6) is 0 Å². The topological polar surface area (TPSA) is 78.5 Å². The molecule has 2 aromatic carbocycles. The van der Waals surface area contributed by atoms with E-state index in [4.69, 9.17) is 0 Å². The SMILES string of the molecule is CC(C)NC(=O)c1ccccc1NC(=O)C1CCN(C(=O)c2ccc(F)cc2)CC1. The minimum Gasteiger partial charge on any atom is -0.350 e. The number of anilines is 1. The second-order valence-corrected chi connectivity index (χ2v) is 7.74. The third-order valence-electron chi connectivity index (χ3n) is 5.09. The Labute approximate surface area is 175 Å². The molecule has 158 valence electrons. The zero-order valence-electron chi connectivity index (χ0n) is 17.2. The lowest BCUT2D eigenvalue weighted by molar-refractivity contribution is -0.121. The van der Waals surface area contributed by atoms with E-state index in [9.17, 15) is 18.8 Å². The van der Waals surface area contributed by atoms with Gasteiger partial charge in [-0.2, -0.15) is 0 Å². The molecule has 0 unspecified atom stereocenters. The Balaban J connectivity index is 1.59. The number of likely N-dealkylation sites (tertiary alicyclic amines) is 1. The number of carbonyl (C=O) groups excluding carboxylic acids is 3. The lowest BCUT2D eigenvalue weighted by Crippen LogP contribution is -2.41. The Morgan fingerprint density at radius 2 is 1.63 bits per heavy atom. The number of rotatable bonds is 5. The normalized spacial score (nSPS) is 14.5. The number of hydrogen-bond acceptors (Lipinski definition) is 3. The van der Waals surface area contributed by atoms with E-state index in [0.29, 0.717) is 42.7 Å². The molecule has 3 amide bonds. The highest BCUT2D eigenvalue weighted by Crippen LogP contribution is 2.23. The molecule has 1 fully saturated rings. The van der Waals surface area contributed by atoms with Gasteiger partial charge in [0.25, 0.3) is 11.8 Å². The molecule has 1 heterocycles. The van der Waals surface area contributed by atoms with E-state index in [0.717, 1.165) is 0 Å². The number of benzene rings is 2. The van der Waals surface area contributed by atoms with Crippen molar-refractivity contribution in [2.45, 2.75) is 32.7 Å². The van der Waals surface area contributed by atoms with Crippen molar-refractivity contribution in [1.29, 1.82) is 0 Å². The Morgan fingerprint density at radius 3 is 2.27 bits per heavy atom. The van der Waals surface area contributed by atoms with Crippen molar-refractivity contribution < 1.29 is 18.8 Å². The van der Waals surface area contributed by atoms with Crippen molar-refractivity contribution in [3.8, 4) is 0 Å². The molecule has 0 aliphatic carbocycles. The molecular weight excluding hydrogens is 385 g/mol. The first-order valence-electron chi connectivity index (χ1n) is 10.1. The highest BCUT2D eigenvalue weighted by molar-refractivity contribution is 6.04. The molecule has 1 saturated heterocycles. The number of halogens is 1. The number of nitrogens with zero attached hydrogens (tertiary/aromatic N) is 1. The summed E-state index contributed by atoms with van der Waals surface area (Å²) in [6.07, 6.45) is 1.05. The molecule has 2 N–H and O–H groups in total. The van der Waals surface area contributed by atoms with Gasteiger partial charge in [0, 0.05) is 30.6 Å². The van der Waals surface area contributed by atoms with Crippen LogP contribution in [0.15, 0.2) is 48.5 Å². The molecular formula is C23H26FN3O3. The summed E-state index contributed by atoms with van der Waals surface area (Å²) < 4.78 is 13.1. The van der Waals surface area contributed by atoms with Gasteiger partial charge < -0.3 is 15.5 Å². The largest absolute Gasteiger partial charge is 0.350 e. The number of amides is 3. The summed E-state index contributed by atoms with van der Waals surface area (Å²) in [5.74, 6) is -1.19. The predicted octanol–water partition coefficient (Wildman–Crippen LogP) is 3.45. The first kappa shape index (κ1) is 21.5. The minimum atomic E-state index is -0.385. The standard InChI is InChI=1S/C23H26FN3O3/c1-15(2)25-22(29)19-5-3-4-6-20(19)26-21(28)16-11-13-27(14-12-16)23(30)17-7-9-18(24)10-8-17/h3-10,15-16H,11-14H2,1-2H3,(H,25,29)(H,26,28). The highest BCUT2D eigenvalue weighted by atomic mass is 19.1. The van der Waals surface area contributed by atoms with Gasteiger partial charge in [-0.05, 0) is 63.1 Å². The molecule has 3 rings (SSSR count).